The lowest BCUT2D eigenvalue weighted by Gasteiger charge is -2.42. The van der Waals surface area contributed by atoms with Gasteiger partial charge in [0.25, 0.3) is 0 Å². The van der Waals surface area contributed by atoms with Crippen molar-refractivity contribution in [3.63, 3.8) is 0 Å². The van der Waals surface area contributed by atoms with Crippen molar-refractivity contribution in [2.45, 2.75) is 51.4 Å². The van der Waals surface area contributed by atoms with Crippen LogP contribution in [0.5, 0.6) is 0 Å². The van der Waals surface area contributed by atoms with Crippen LogP contribution in [0.1, 0.15) is 41.8 Å². The molecule has 0 bridgehead atoms. The minimum absolute atomic E-state index is 0.0926. The lowest BCUT2D eigenvalue weighted by atomic mass is 9.78. The van der Waals surface area contributed by atoms with Crippen molar-refractivity contribution in [2.24, 2.45) is 5.92 Å². The van der Waals surface area contributed by atoms with Crippen molar-refractivity contribution in [1.82, 2.24) is 9.88 Å². The van der Waals surface area contributed by atoms with Gasteiger partial charge in [-0.05, 0) is 67.7 Å². The second-order valence-electron chi connectivity index (χ2n) is 7.86. The van der Waals surface area contributed by atoms with Crippen molar-refractivity contribution in [1.29, 1.82) is 0 Å². The summed E-state index contributed by atoms with van der Waals surface area (Å²) < 4.78 is 12.2. The summed E-state index contributed by atoms with van der Waals surface area (Å²) in [6.07, 6.45) is 6.41. The van der Waals surface area contributed by atoms with Crippen LogP contribution in [0.15, 0.2) is 35.8 Å². The van der Waals surface area contributed by atoms with Crippen molar-refractivity contribution in [3.8, 4) is 0 Å². The molecule has 2 saturated heterocycles. The van der Waals surface area contributed by atoms with Gasteiger partial charge in [0, 0.05) is 43.9 Å². The van der Waals surface area contributed by atoms with E-state index in [9.17, 15) is 0 Å². The number of nitrogens with zero attached hydrogens (tertiary/aromatic N) is 2. The van der Waals surface area contributed by atoms with Crippen LogP contribution in [0.25, 0.3) is 0 Å². The van der Waals surface area contributed by atoms with Crippen LogP contribution in [0.3, 0.4) is 0 Å². The van der Waals surface area contributed by atoms with Gasteiger partial charge in [-0.25, -0.2) is 0 Å². The van der Waals surface area contributed by atoms with Crippen molar-refractivity contribution >= 4 is 11.3 Å². The second kappa shape index (κ2) is 8.82. The Morgan fingerprint density at radius 1 is 1.30 bits per heavy atom. The summed E-state index contributed by atoms with van der Waals surface area (Å²) in [7, 11) is 0. The van der Waals surface area contributed by atoms with Crippen LogP contribution in [0.4, 0.5) is 0 Å². The predicted molar refractivity (Wildman–Crippen MR) is 109 cm³/mol. The van der Waals surface area contributed by atoms with Crippen LogP contribution < -0.4 is 0 Å². The Labute approximate surface area is 166 Å². The quantitative estimate of drug-likeness (QED) is 0.660. The zero-order chi connectivity index (χ0) is 18.5. The highest BCUT2D eigenvalue weighted by Gasteiger charge is 2.45. The monoisotopic (exact) mass is 386 g/mol. The third-order valence-corrected chi connectivity index (χ3v) is 7.23. The van der Waals surface area contributed by atoms with Gasteiger partial charge in [-0.1, -0.05) is 6.07 Å². The minimum Gasteiger partial charge on any atom is -0.375 e. The fourth-order valence-corrected chi connectivity index (χ4v) is 5.44. The summed E-state index contributed by atoms with van der Waals surface area (Å²) in [5, 5.41) is 2.21. The highest BCUT2D eigenvalue weighted by Crippen LogP contribution is 2.42. The molecule has 0 aromatic carbocycles. The average Bonchev–Trinajstić information content (AvgIpc) is 3.28. The Morgan fingerprint density at radius 3 is 2.93 bits per heavy atom. The number of hydrogen-bond donors (Lipinski definition) is 0. The molecule has 5 heteroatoms. The summed E-state index contributed by atoms with van der Waals surface area (Å²) in [4.78, 5) is 8.43. The van der Waals surface area contributed by atoms with Crippen molar-refractivity contribution in [3.05, 3.63) is 52.0 Å². The fraction of sp³-hybridized carbons (Fsp3) is 0.591. The highest BCUT2D eigenvalue weighted by molar-refractivity contribution is 7.10. The van der Waals surface area contributed by atoms with Gasteiger partial charge >= 0.3 is 0 Å². The van der Waals surface area contributed by atoms with Gasteiger partial charge in [0.15, 0.2) is 0 Å². The van der Waals surface area contributed by atoms with E-state index in [1.807, 2.05) is 35.7 Å². The van der Waals surface area contributed by atoms with Gasteiger partial charge in [-0.15, -0.1) is 11.3 Å². The lowest BCUT2D eigenvalue weighted by molar-refractivity contribution is -0.0733. The van der Waals surface area contributed by atoms with Crippen LogP contribution in [-0.2, 0) is 22.6 Å². The number of likely N-dealkylation sites (tertiary alicyclic amines) is 1. The van der Waals surface area contributed by atoms with E-state index in [2.05, 4.69) is 28.3 Å². The molecule has 4 rings (SSSR count). The van der Waals surface area contributed by atoms with E-state index in [-0.39, 0.29) is 5.60 Å². The number of rotatable bonds is 7. The van der Waals surface area contributed by atoms with Crippen molar-refractivity contribution in [2.75, 3.05) is 26.3 Å². The molecule has 146 valence electrons. The number of hydrogen-bond acceptors (Lipinski definition) is 5. The first-order valence-electron chi connectivity index (χ1n) is 10.1. The highest BCUT2D eigenvalue weighted by atomic mass is 32.1. The molecular weight excluding hydrogens is 356 g/mol. The fourth-order valence-electron chi connectivity index (χ4n) is 4.49. The molecule has 1 spiro atoms. The number of pyridine rings is 1. The molecule has 2 aliphatic heterocycles. The maximum absolute atomic E-state index is 6.32. The van der Waals surface area contributed by atoms with E-state index in [4.69, 9.17) is 9.47 Å². The zero-order valence-corrected chi connectivity index (χ0v) is 17.0. The Morgan fingerprint density at radius 2 is 2.19 bits per heavy atom. The van der Waals surface area contributed by atoms with E-state index < -0.39 is 0 Å². The van der Waals surface area contributed by atoms with Gasteiger partial charge in [0.2, 0.25) is 0 Å². The molecule has 0 N–H and O–H groups in total. The molecule has 1 unspecified atom stereocenters. The normalized spacial score (nSPS) is 22.5. The van der Waals surface area contributed by atoms with Crippen LogP contribution in [-0.4, -0.2) is 41.8 Å². The molecule has 0 radical (unpaired) electrons. The number of piperidine rings is 1. The summed E-state index contributed by atoms with van der Waals surface area (Å²) in [6, 6.07) is 8.20. The summed E-state index contributed by atoms with van der Waals surface area (Å²) in [5.74, 6) is 0.631. The van der Waals surface area contributed by atoms with Crippen LogP contribution in [0, 0.1) is 12.8 Å². The predicted octanol–water partition coefficient (Wildman–Crippen LogP) is 4.43. The summed E-state index contributed by atoms with van der Waals surface area (Å²) >= 11 is 1.88. The standard InChI is InChI=1S/C22H30N2O2S/c1-18-7-15-27-21(18)16-24-11-8-22(9-12-24)19(6-14-26-22)5-13-25-17-20-4-2-3-10-23-20/h2-4,7,10,15,19H,5-6,8-9,11-14,16-17H2,1H3. The summed E-state index contributed by atoms with van der Waals surface area (Å²) in [6.45, 7) is 7.91. The van der Waals surface area contributed by atoms with Crippen LogP contribution >= 0.6 is 11.3 Å². The molecular formula is C22H30N2O2S. The minimum atomic E-state index is 0.0926. The first-order valence-corrected chi connectivity index (χ1v) is 11.0. The topological polar surface area (TPSA) is 34.6 Å². The van der Waals surface area contributed by atoms with E-state index >= 15 is 0 Å². The SMILES string of the molecule is Cc1ccsc1CN1CCC2(CC1)OCCC2CCOCc1ccccn1. The molecule has 0 amide bonds. The molecule has 2 aliphatic rings. The van der Waals surface area contributed by atoms with Gasteiger partial charge in [0.1, 0.15) is 0 Å². The molecule has 4 nitrogen and oxygen atoms in total. The molecule has 27 heavy (non-hydrogen) atoms. The van der Waals surface area contributed by atoms with Gasteiger partial charge < -0.3 is 9.47 Å². The van der Waals surface area contributed by atoms with Gasteiger partial charge in [0.05, 0.1) is 17.9 Å². The lowest BCUT2D eigenvalue weighted by Crippen LogP contribution is -2.47. The summed E-state index contributed by atoms with van der Waals surface area (Å²) in [5.41, 5.74) is 2.53. The molecule has 1 atom stereocenters. The number of aromatic nitrogens is 1. The first kappa shape index (κ1) is 19.1. The molecule has 0 aliphatic carbocycles. The number of aryl methyl sites for hydroxylation is 1. The Hall–Kier alpha value is -1.27. The molecule has 0 saturated carbocycles. The maximum atomic E-state index is 6.32. The maximum Gasteiger partial charge on any atom is 0.0887 e. The van der Waals surface area contributed by atoms with Crippen molar-refractivity contribution < 1.29 is 9.47 Å². The van der Waals surface area contributed by atoms with Gasteiger partial charge in [-0.3, -0.25) is 9.88 Å². The molecule has 2 fully saturated rings. The number of thiophene rings is 1. The number of ether oxygens (including phenoxy) is 2. The third-order valence-electron chi connectivity index (χ3n) is 6.22. The Kier molecular flexibility index (Phi) is 6.23. The van der Waals surface area contributed by atoms with E-state index in [0.717, 1.165) is 57.8 Å². The van der Waals surface area contributed by atoms with E-state index in [1.165, 1.54) is 16.9 Å². The second-order valence-corrected chi connectivity index (χ2v) is 8.86. The van der Waals surface area contributed by atoms with Crippen LogP contribution in [0.2, 0.25) is 0 Å². The zero-order valence-electron chi connectivity index (χ0n) is 16.2. The largest absolute Gasteiger partial charge is 0.375 e. The average molecular weight is 387 g/mol. The van der Waals surface area contributed by atoms with Gasteiger partial charge in [-0.2, -0.15) is 0 Å². The Bertz CT molecular complexity index is 710. The Balaban J connectivity index is 1.24. The van der Waals surface area contributed by atoms with E-state index in [0.29, 0.717) is 12.5 Å². The molecule has 4 heterocycles. The first-order chi connectivity index (χ1) is 13.3. The smallest absolute Gasteiger partial charge is 0.0887 e. The third kappa shape index (κ3) is 4.60. The molecule has 2 aromatic rings. The van der Waals surface area contributed by atoms with E-state index in [1.54, 1.807) is 0 Å². The molecule has 2 aromatic heterocycles.